The van der Waals surface area contributed by atoms with Gasteiger partial charge in [0.1, 0.15) is 11.2 Å². The van der Waals surface area contributed by atoms with Gasteiger partial charge in [-0.2, -0.15) is 0 Å². The number of furan rings is 1. The maximum absolute atomic E-state index is 6.38. The van der Waals surface area contributed by atoms with Crippen molar-refractivity contribution >= 4 is 87.6 Å². The molecule has 2 heterocycles. The Morgan fingerprint density at radius 1 is 0.404 bits per heavy atom. The van der Waals surface area contributed by atoms with Crippen molar-refractivity contribution in [3.63, 3.8) is 0 Å². The lowest BCUT2D eigenvalue weighted by Gasteiger charge is -2.33. The number of hydrogen-bond donors (Lipinski definition) is 0. The SMILES string of the molecule is Cc1ccc(N(c2ccccc2)c2ccc3c(c2)oc2ccccc23)c(N(c2ccccc2)c2ccc3c(c2)sc2ccccc23)c1. The predicted molar refractivity (Wildman–Crippen MR) is 201 cm³/mol. The summed E-state index contributed by atoms with van der Waals surface area (Å²) in [6.45, 7) is 2.17. The van der Waals surface area contributed by atoms with Gasteiger partial charge in [0.2, 0.25) is 0 Å². The molecule has 0 aliphatic carbocycles. The first kappa shape index (κ1) is 27.5. The first-order chi connectivity index (χ1) is 23.2. The summed E-state index contributed by atoms with van der Waals surface area (Å²) in [6.07, 6.45) is 0. The van der Waals surface area contributed by atoms with Crippen LogP contribution in [0.1, 0.15) is 5.56 Å². The number of rotatable bonds is 6. The van der Waals surface area contributed by atoms with E-state index in [0.29, 0.717) is 0 Å². The standard InChI is InChI=1S/C43H30N2OS/c1-29-20-25-38(44(30-12-4-2-5-13-30)32-21-23-35-34-16-8-10-18-40(34)46-41(35)27-32)39(26-29)45(31-14-6-3-7-15-31)33-22-24-37-36-17-9-11-19-42(36)47-43(37)28-33/h2-28H,1H3. The van der Waals surface area contributed by atoms with Gasteiger partial charge < -0.3 is 14.2 Å². The molecule has 4 heteroatoms. The van der Waals surface area contributed by atoms with E-state index in [2.05, 4.69) is 168 Å². The van der Waals surface area contributed by atoms with Crippen molar-refractivity contribution in [2.75, 3.05) is 9.80 Å². The molecule has 0 saturated carbocycles. The molecule has 2 aromatic heterocycles. The van der Waals surface area contributed by atoms with Crippen molar-refractivity contribution in [2.24, 2.45) is 0 Å². The van der Waals surface area contributed by atoms with Crippen LogP contribution in [0.15, 0.2) is 168 Å². The van der Waals surface area contributed by atoms with Gasteiger partial charge in [-0.1, -0.05) is 84.9 Å². The van der Waals surface area contributed by atoms with E-state index in [9.17, 15) is 0 Å². The fourth-order valence-electron chi connectivity index (χ4n) is 6.72. The van der Waals surface area contributed by atoms with Crippen molar-refractivity contribution < 1.29 is 4.42 Å². The van der Waals surface area contributed by atoms with Crippen molar-refractivity contribution in [1.29, 1.82) is 0 Å². The van der Waals surface area contributed by atoms with E-state index in [-0.39, 0.29) is 0 Å². The van der Waals surface area contributed by atoms with Crippen molar-refractivity contribution in [3.05, 3.63) is 169 Å². The van der Waals surface area contributed by atoms with E-state index in [1.54, 1.807) is 0 Å². The molecule has 9 rings (SSSR count). The molecule has 0 unspecified atom stereocenters. The Kier molecular flexibility index (Phi) is 6.54. The number of hydrogen-bond acceptors (Lipinski definition) is 4. The van der Waals surface area contributed by atoms with Crippen molar-refractivity contribution in [1.82, 2.24) is 0 Å². The topological polar surface area (TPSA) is 19.6 Å². The van der Waals surface area contributed by atoms with E-state index in [1.165, 1.54) is 25.7 Å². The largest absolute Gasteiger partial charge is 0.456 e. The van der Waals surface area contributed by atoms with Crippen LogP contribution < -0.4 is 9.80 Å². The van der Waals surface area contributed by atoms with Crippen LogP contribution in [0.5, 0.6) is 0 Å². The molecular formula is C43H30N2OS. The Bertz CT molecular complexity index is 2550. The number of para-hydroxylation sites is 3. The van der Waals surface area contributed by atoms with Gasteiger partial charge in [0.05, 0.1) is 11.4 Å². The van der Waals surface area contributed by atoms with Gasteiger partial charge in [-0.15, -0.1) is 11.3 Å². The van der Waals surface area contributed by atoms with E-state index in [1.807, 2.05) is 23.5 Å². The zero-order valence-corrected chi connectivity index (χ0v) is 26.6. The maximum Gasteiger partial charge on any atom is 0.137 e. The third kappa shape index (κ3) is 4.73. The Balaban J connectivity index is 1.28. The molecule has 0 amide bonds. The monoisotopic (exact) mass is 622 g/mol. The number of thiophene rings is 1. The number of nitrogens with zero attached hydrogens (tertiary/aromatic N) is 2. The molecule has 0 spiro atoms. The summed E-state index contributed by atoms with van der Waals surface area (Å²) in [5.41, 5.74) is 9.42. The van der Waals surface area contributed by atoms with Gasteiger partial charge in [0.25, 0.3) is 0 Å². The molecule has 0 bridgehead atoms. The zero-order chi connectivity index (χ0) is 31.3. The highest BCUT2D eigenvalue weighted by Crippen LogP contribution is 2.48. The summed E-state index contributed by atoms with van der Waals surface area (Å²) in [7, 11) is 0. The molecule has 224 valence electrons. The number of anilines is 6. The second-order valence-corrected chi connectivity index (χ2v) is 13.0. The Labute approximate surface area is 277 Å². The van der Waals surface area contributed by atoms with Gasteiger partial charge in [-0.05, 0) is 85.3 Å². The molecular weight excluding hydrogens is 593 g/mol. The highest BCUT2D eigenvalue weighted by molar-refractivity contribution is 7.25. The highest BCUT2D eigenvalue weighted by atomic mass is 32.1. The van der Waals surface area contributed by atoms with Gasteiger partial charge >= 0.3 is 0 Å². The van der Waals surface area contributed by atoms with Crippen molar-refractivity contribution in [3.8, 4) is 0 Å². The summed E-state index contributed by atoms with van der Waals surface area (Å²) >= 11 is 1.85. The van der Waals surface area contributed by atoms with Gasteiger partial charge in [0.15, 0.2) is 0 Å². The smallest absolute Gasteiger partial charge is 0.137 e. The second kappa shape index (κ2) is 11.2. The third-order valence-corrected chi connectivity index (χ3v) is 10.0. The lowest BCUT2D eigenvalue weighted by molar-refractivity contribution is 0.669. The highest BCUT2D eigenvalue weighted by Gasteiger charge is 2.23. The zero-order valence-electron chi connectivity index (χ0n) is 25.8. The summed E-state index contributed by atoms with van der Waals surface area (Å²) in [4.78, 5) is 4.73. The Hall–Kier alpha value is -5.84. The van der Waals surface area contributed by atoms with Crippen LogP contribution in [-0.4, -0.2) is 0 Å². The minimum atomic E-state index is 0.869. The van der Waals surface area contributed by atoms with E-state index in [4.69, 9.17) is 4.42 Å². The van der Waals surface area contributed by atoms with Crippen LogP contribution in [0.2, 0.25) is 0 Å². The van der Waals surface area contributed by atoms with E-state index < -0.39 is 0 Å². The summed E-state index contributed by atoms with van der Waals surface area (Å²) in [5.74, 6) is 0. The fraction of sp³-hybridized carbons (Fsp3) is 0.0233. The van der Waals surface area contributed by atoms with Gasteiger partial charge in [-0.25, -0.2) is 0 Å². The Morgan fingerprint density at radius 3 is 1.74 bits per heavy atom. The average molecular weight is 623 g/mol. The fourth-order valence-corrected chi connectivity index (χ4v) is 7.86. The summed E-state index contributed by atoms with van der Waals surface area (Å²) < 4.78 is 8.96. The van der Waals surface area contributed by atoms with Crippen LogP contribution in [-0.2, 0) is 0 Å². The lowest BCUT2D eigenvalue weighted by Crippen LogP contribution is -2.17. The Morgan fingerprint density at radius 2 is 0.979 bits per heavy atom. The molecule has 7 aromatic carbocycles. The lowest BCUT2D eigenvalue weighted by atomic mass is 10.1. The number of aryl methyl sites for hydroxylation is 1. The first-order valence-electron chi connectivity index (χ1n) is 15.8. The molecule has 47 heavy (non-hydrogen) atoms. The van der Waals surface area contributed by atoms with Crippen LogP contribution in [0, 0.1) is 6.92 Å². The molecule has 0 radical (unpaired) electrons. The quantitative estimate of drug-likeness (QED) is 0.184. The minimum Gasteiger partial charge on any atom is -0.456 e. The third-order valence-electron chi connectivity index (χ3n) is 8.88. The number of fused-ring (bicyclic) bond motifs is 6. The molecule has 0 aliphatic rings. The first-order valence-corrected chi connectivity index (χ1v) is 16.7. The number of benzene rings is 7. The molecule has 0 atom stereocenters. The van der Waals surface area contributed by atoms with Crippen LogP contribution in [0.3, 0.4) is 0 Å². The minimum absolute atomic E-state index is 0.869. The molecule has 0 fully saturated rings. The molecule has 0 saturated heterocycles. The summed E-state index contributed by atoms with van der Waals surface area (Å²) in [6, 6.07) is 58.4. The molecule has 0 aliphatic heterocycles. The van der Waals surface area contributed by atoms with Crippen LogP contribution in [0.25, 0.3) is 42.1 Å². The van der Waals surface area contributed by atoms with E-state index >= 15 is 0 Å². The predicted octanol–water partition coefficient (Wildman–Crippen LogP) is 13.2. The molecule has 3 nitrogen and oxygen atoms in total. The van der Waals surface area contributed by atoms with Gasteiger partial charge in [0, 0.05) is 59.8 Å². The van der Waals surface area contributed by atoms with E-state index in [0.717, 1.165) is 56.1 Å². The normalized spacial score (nSPS) is 11.5. The van der Waals surface area contributed by atoms with Crippen LogP contribution >= 0.6 is 11.3 Å². The average Bonchev–Trinajstić information content (AvgIpc) is 3.68. The summed E-state index contributed by atoms with van der Waals surface area (Å²) in [5, 5.41) is 4.84. The molecule has 0 N–H and O–H groups in total. The van der Waals surface area contributed by atoms with Crippen LogP contribution in [0.4, 0.5) is 34.1 Å². The molecule has 9 aromatic rings. The van der Waals surface area contributed by atoms with Gasteiger partial charge in [-0.3, -0.25) is 0 Å². The van der Waals surface area contributed by atoms with Crippen molar-refractivity contribution in [2.45, 2.75) is 6.92 Å². The maximum atomic E-state index is 6.38. The second-order valence-electron chi connectivity index (χ2n) is 11.9.